The van der Waals surface area contributed by atoms with Gasteiger partial charge in [-0.1, -0.05) is 23.4 Å². The highest BCUT2D eigenvalue weighted by Crippen LogP contribution is 2.19. The lowest BCUT2D eigenvalue weighted by molar-refractivity contribution is -0.132. The molecule has 152 valence electrons. The molecule has 0 saturated carbocycles. The summed E-state index contributed by atoms with van der Waals surface area (Å²) >= 11 is 0. The minimum absolute atomic E-state index is 0.166. The molecule has 1 aromatic carbocycles. The number of carbonyl (C=O) groups excluding carboxylic acids is 1. The van der Waals surface area contributed by atoms with E-state index in [2.05, 4.69) is 15.2 Å². The van der Waals surface area contributed by atoms with Gasteiger partial charge in [0.2, 0.25) is 5.91 Å². The molecule has 0 spiro atoms. The molecule has 0 unspecified atom stereocenters. The van der Waals surface area contributed by atoms with Crippen LogP contribution in [-0.4, -0.2) is 56.8 Å². The maximum absolute atomic E-state index is 12.9. The molecule has 4 rings (SSSR count). The number of rotatable bonds is 5. The van der Waals surface area contributed by atoms with Crippen molar-refractivity contribution in [2.24, 2.45) is 0 Å². The number of benzene rings is 1. The van der Waals surface area contributed by atoms with E-state index in [1.807, 2.05) is 66.8 Å². The monoisotopic (exact) mass is 393 g/mol. The van der Waals surface area contributed by atoms with Crippen LogP contribution in [0.1, 0.15) is 28.4 Å². The van der Waals surface area contributed by atoms with Crippen LogP contribution in [0.2, 0.25) is 0 Å². The second-order valence-corrected chi connectivity index (χ2v) is 7.67. The van der Waals surface area contributed by atoms with Crippen molar-refractivity contribution in [3.63, 3.8) is 0 Å². The van der Waals surface area contributed by atoms with Crippen LogP contribution >= 0.6 is 0 Å². The predicted molar refractivity (Wildman–Crippen MR) is 110 cm³/mol. The summed E-state index contributed by atoms with van der Waals surface area (Å²) in [5, 5.41) is 8.60. The van der Waals surface area contributed by atoms with Gasteiger partial charge in [-0.25, -0.2) is 4.68 Å². The normalized spacial score (nSPS) is 15.1. The summed E-state index contributed by atoms with van der Waals surface area (Å²) in [6.07, 6.45) is 0.395. The lowest BCUT2D eigenvalue weighted by Crippen LogP contribution is -2.48. The molecule has 3 heterocycles. The molecule has 0 radical (unpaired) electrons. The number of hydrogen-bond acceptors (Lipinski definition) is 5. The Balaban J connectivity index is 1.37. The quantitative estimate of drug-likeness (QED) is 0.667. The summed E-state index contributed by atoms with van der Waals surface area (Å²) in [4.78, 5) is 17.2. The Morgan fingerprint density at radius 2 is 1.79 bits per heavy atom. The van der Waals surface area contributed by atoms with Crippen molar-refractivity contribution in [2.45, 2.75) is 33.7 Å². The molecule has 1 amide bonds. The van der Waals surface area contributed by atoms with E-state index in [1.54, 1.807) is 0 Å². The zero-order chi connectivity index (χ0) is 20.4. The van der Waals surface area contributed by atoms with Crippen LogP contribution in [0.3, 0.4) is 0 Å². The molecule has 0 bridgehead atoms. The van der Waals surface area contributed by atoms with Gasteiger partial charge in [0.15, 0.2) is 5.76 Å². The molecule has 2 aromatic heterocycles. The van der Waals surface area contributed by atoms with Gasteiger partial charge in [0.25, 0.3) is 0 Å². The summed E-state index contributed by atoms with van der Waals surface area (Å²) in [5.41, 5.74) is 4.89. The van der Waals surface area contributed by atoms with E-state index in [0.717, 1.165) is 66.8 Å². The van der Waals surface area contributed by atoms with Crippen LogP contribution in [0.4, 0.5) is 0 Å². The van der Waals surface area contributed by atoms with E-state index >= 15 is 0 Å². The number of para-hydroxylation sites is 1. The average molecular weight is 393 g/mol. The Kier molecular flexibility index (Phi) is 5.49. The first-order valence-electron chi connectivity index (χ1n) is 10.0. The number of aromatic nitrogens is 3. The minimum Gasteiger partial charge on any atom is -0.360 e. The van der Waals surface area contributed by atoms with Gasteiger partial charge in [0.05, 0.1) is 30.0 Å². The summed E-state index contributed by atoms with van der Waals surface area (Å²) in [6, 6.07) is 12.0. The van der Waals surface area contributed by atoms with Gasteiger partial charge in [0.1, 0.15) is 0 Å². The zero-order valence-corrected chi connectivity index (χ0v) is 17.3. The van der Waals surface area contributed by atoms with Crippen molar-refractivity contribution in [2.75, 3.05) is 26.2 Å². The van der Waals surface area contributed by atoms with Crippen LogP contribution in [0, 0.1) is 20.8 Å². The van der Waals surface area contributed by atoms with Gasteiger partial charge >= 0.3 is 0 Å². The van der Waals surface area contributed by atoms with Gasteiger partial charge in [-0.15, -0.1) is 0 Å². The first-order chi connectivity index (χ1) is 14.0. The van der Waals surface area contributed by atoms with Gasteiger partial charge in [0, 0.05) is 43.5 Å². The van der Waals surface area contributed by atoms with Crippen molar-refractivity contribution in [3.8, 4) is 5.69 Å². The summed E-state index contributed by atoms with van der Waals surface area (Å²) in [7, 11) is 0. The fraction of sp³-hybridized carbons (Fsp3) is 0.409. The SMILES string of the molecule is Cc1cc(CN2CCN(C(=O)Cc3c(C)nn(-c4ccccc4)c3C)CC2)on1. The number of amides is 1. The van der Waals surface area contributed by atoms with E-state index < -0.39 is 0 Å². The van der Waals surface area contributed by atoms with Gasteiger partial charge in [-0.05, 0) is 32.9 Å². The molecule has 1 aliphatic heterocycles. The summed E-state index contributed by atoms with van der Waals surface area (Å²) in [5.74, 6) is 1.04. The minimum atomic E-state index is 0.166. The number of piperazine rings is 1. The van der Waals surface area contributed by atoms with E-state index in [4.69, 9.17) is 4.52 Å². The Labute approximate surface area is 170 Å². The molecule has 3 aromatic rings. The number of carbonyl (C=O) groups is 1. The van der Waals surface area contributed by atoms with Crippen molar-refractivity contribution in [1.82, 2.24) is 24.7 Å². The lowest BCUT2D eigenvalue weighted by atomic mass is 10.1. The first kappa shape index (κ1) is 19.4. The van der Waals surface area contributed by atoms with Gasteiger partial charge in [-0.3, -0.25) is 9.69 Å². The van der Waals surface area contributed by atoms with Gasteiger partial charge in [-0.2, -0.15) is 5.10 Å². The third kappa shape index (κ3) is 4.24. The highest BCUT2D eigenvalue weighted by atomic mass is 16.5. The molecule has 0 atom stereocenters. The topological polar surface area (TPSA) is 67.4 Å². The van der Waals surface area contributed by atoms with Crippen LogP contribution in [0.5, 0.6) is 0 Å². The van der Waals surface area contributed by atoms with Crippen LogP contribution in [-0.2, 0) is 17.8 Å². The summed E-state index contributed by atoms with van der Waals surface area (Å²) < 4.78 is 7.23. The van der Waals surface area contributed by atoms with Crippen molar-refractivity contribution in [1.29, 1.82) is 0 Å². The first-order valence-corrected chi connectivity index (χ1v) is 10.0. The molecule has 1 fully saturated rings. The second-order valence-electron chi connectivity index (χ2n) is 7.67. The molecule has 7 nitrogen and oxygen atoms in total. The molecule has 0 aliphatic carbocycles. The van der Waals surface area contributed by atoms with E-state index in [0.29, 0.717) is 6.42 Å². The van der Waals surface area contributed by atoms with Crippen molar-refractivity contribution < 1.29 is 9.32 Å². The Bertz CT molecular complexity index is 984. The van der Waals surface area contributed by atoms with Crippen LogP contribution in [0.15, 0.2) is 40.9 Å². The van der Waals surface area contributed by atoms with Crippen LogP contribution in [0.25, 0.3) is 5.69 Å². The number of hydrogen-bond donors (Lipinski definition) is 0. The molecule has 1 aliphatic rings. The fourth-order valence-corrected chi connectivity index (χ4v) is 3.88. The van der Waals surface area contributed by atoms with E-state index in [-0.39, 0.29) is 5.91 Å². The molecule has 7 heteroatoms. The highest BCUT2D eigenvalue weighted by Gasteiger charge is 2.24. The zero-order valence-electron chi connectivity index (χ0n) is 17.3. The van der Waals surface area contributed by atoms with Crippen molar-refractivity contribution >= 4 is 5.91 Å². The van der Waals surface area contributed by atoms with Crippen LogP contribution < -0.4 is 0 Å². The Hall–Kier alpha value is -2.93. The molecular weight excluding hydrogens is 366 g/mol. The third-order valence-corrected chi connectivity index (χ3v) is 5.55. The molecule has 29 heavy (non-hydrogen) atoms. The predicted octanol–water partition coefficient (Wildman–Crippen LogP) is 2.67. The molecular formula is C22H27N5O2. The fourth-order valence-electron chi connectivity index (χ4n) is 3.88. The second kappa shape index (κ2) is 8.21. The van der Waals surface area contributed by atoms with Crippen molar-refractivity contribution in [3.05, 3.63) is 64.8 Å². The average Bonchev–Trinajstić information content (AvgIpc) is 3.26. The lowest BCUT2D eigenvalue weighted by Gasteiger charge is -2.34. The maximum Gasteiger partial charge on any atom is 0.227 e. The number of aryl methyl sites for hydroxylation is 2. The highest BCUT2D eigenvalue weighted by molar-refractivity contribution is 5.79. The Morgan fingerprint density at radius 3 is 2.45 bits per heavy atom. The third-order valence-electron chi connectivity index (χ3n) is 5.55. The van der Waals surface area contributed by atoms with E-state index in [1.165, 1.54) is 0 Å². The smallest absolute Gasteiger partial charge is 0.227 e. The summed E-state index contributed by atoms with van der Waals surface area (Å²) in [6.45, 7) is 9.82. The molecule has 1 saturated heterocycles. The Morgan fingerprint density at radius 1 is 1.07 bits per heavy atom. The number of nitrogens with zero attached hydrogens (tertiary/aromatic N) is 5. The standard InChI is InChI=1S/C22H27N5O2/c1-16-13-20(29-24-16)15-25-9-11-26(12-10-25)22(28)14-21-17(2)23-27(18(21)3)19-7-5-4-6-8-19/h4-8,13H,9-12,14-15H2,1-3H3. The maximum atomic E-state index is 12.9. The molecule has 0 N–H and O–H groups in total. The largest absolute Gasteiger partial charge is 0.360 e. The van der Waals surface area contributed by atoms with Gasteiger partial charge < -0.3 is 9.42 Å². The van der Waals surface area contributed by atoms with E-state index in [9.17, 15) is 4.79 Å².